The highest BCUT2D eigenvalue weighted by molar-refractivity contribution is 5.95. The number of nitro groups is 1. The fraction of sp³-hybridized carbons (Fsp3) is 0.417. The lowest BCUT2D eigenvalue weighted by atomic mass is 9.83. The molecule has 0 bridgehead atoms. The van der Waals surface area contributed by atoms with Crippen LogP contribution >= 0.6 is 0 Å². The summed E-state index contributed by atoms with van der Waals surface area (Å²) in [6.45, 7) is 6.65. The number of benzene rings is 2. The van der Waals surface area contributed by atoms with Crippen LogP contribution in [0.1, 0.15) is 42.3 Å². The van der Waals surface area contributed by atoms with Gasteiger partial charge in [-0.2, -0.15) is 13.2 Å². The molecule has 188 valence electrons. The lowest BCUT2D eigenvalue weighted by molar-refractivity contribution is -0.384. The molecular weight excluding hydrogens is 465 g/mol. The Morgan fingerprint density at radius 1 is 1.03 bits per heavy atom. The van der Waals surface area contributed by atoms with Gasteiger partial charge >= 0.3 is 6.18 Å². The fourth-order valence-electron chi connectivity index (χ4n) is 3.96. The van der Waals surface area contributed by atoms with Gasteiger partial charge in [0.1, 0.15) is 5.69 Å². The van der Waals surface area contributed by atoms with Gasteiger partial charge in [0, 0.05) is 56.7 Å². The van der Waals surface area contributed by atoms with Crippen LogP contribution in [-0.4, -0.2) is 54.4 Å². The quantitative estimate of drug-likeness (QED) is 0.486. The second-order valence-corrected chi connectivity index (χ2v) is 9.10. The summed E-state index contributed by atoms with van der Waals surface area (Å²) in [5.41, 5.74) is -0.990. The molecule has 2 amide bonds. The zero-order valence-corrected chi connectivity index (χ0v) is 19.7. The van der Waals surface area contributed by atoms with Crippen molar-refractivity contribution < 1.29 is 27.7 Å². The van der Waals surface area contributed by atoms with Crippen LogP contribution in [0.15, 0.2) is 42.5 Å². The molecule has 0 aliphatic carbocycles. The van der Waals surface area contributed by atoms with Gasteiger partial charge in [-0.3, -0.25) is 19.7 Å². The second kappa shape index (κ2) is 9.93. The zero-order chi connectivity index (χ0) is 26.0. The van der Waals surface area contributed by atoms with E-state index in [-0.39, 0.29) is 23.7 Å². The number of piperazine rings is 1. The van der Waals surface area contributed by atoms with Crippen LogP contribution in [-0.2, 0) is 16.4 Å². The van der Waals surface area contributed by atoms with Crippen molar-refractivity contribution in [3.63, 3.8) is 0 Å². The van der Waals surface area contributed by atoms with E-state index in [4.69, 9.17) is 0 Å². The van der Waals surface area contributed by atoms with Crippen molar-refractivity contribution in [2.45, 2.75) is 32.4 Å². The summed E-state index contributed by atoms with van der Waals surface area (Å²) >= 11 is 0. The average Bonchev–Trinajstić information content (AvgIpc) is 2.81. The molecule has 1 N–H and O–H groups in total. The number of nitrogens with one attached hydrogen (secondary N) is 1. The number of rotatable bonds is 6. The third kappa shape index (κ3) is 6.09. The van der Waals surface area contributed by atoms with Crippen LogP contribution in [0.2, 0.25) is 0 Å². The van der Waals surface area contributed by atoms with E-state index in [1.54, 1.807) is 29.7 Å². The molecule has 2 aromatic rings. The maximum absolute atomic E-state index is 13.1. The maximum Gasteiger partial charge on any atom is 0.416 e. The molecule has 1 fully saturated rings. The van der Waals surface area contributed by atoms with Crippen LogP contribution < -0.4 is 10.2 Å². The number of carbonyl (C=O) groups is 2. The molecule has 0 radical (unpaired) electrons. The smallest absolute Gasteiger partial charge is 0.362 e. The second-order valence-electron chi connectivity index (χ2n) is 9.10. The number of anilines is 1. The van der Waals surface area contributed by atoms with Crippen molar-refractivity contribution in [1.29, 1.82) is 0 Å². The van der Waals surface area contributed by atoms with Gasteiger partial charge in [0.2, 0.25) is 5.91 Å². The van der Waals surface area contributed by atoms with Crippen LogP contribution in [0.3, 0.4) is 0 Å². The van der Waals surface area contributed by atoms with Crippen LogP contribution in [0, 0.1) is 10.1 Å². The van der Waals surface area contributed by atoms with E-state index in [0.717, 1.165) is 12.1 Å². The Morgan fingerprint density at radius 3 is 2.23 bits per heavy atom. The van der Waals surface area contributed by atoms with Crippen molar-refractivity contribution in [2.24, 2.45) is 0 Å². The van der Waals surface area contributed by atoms with Gasteiger partial charge < -0.3 is 15.1 Å². The standard InChI is InChI=1S/C24H27F3N4O4/c1-16(32)29-9-11-30(12-10-29)20-8-7-17(13-21(20)31(34)35)22(33)28-15-23(2,3)18-5-4-6-19(14-18)24(25,26)27/h4-8,13-14H,9-12,15H2,1-3H3,(H,28,33). The number of halogens is 3. The summed E-state index contributed by atoms with van der Waals surface area (Å²) in [4.78, 5) is 38.9. The predicted octanol–water partition coefficient (Wildman–Crippen LogP) is 3.99. The zero-order valence-electron chi connectivity index (χ0n) is 19.7. The SMILES string of the molecule is CC(=O)N1CCN(c2ccc(C(=O)NCC(C)(C)c3cccc(C(F)(F)F)c3)cc2[N+](=O)[O-])CC1. The fourth-order valence-corrected chi connectivity index (χ4v) is 3.96. The largest absolute Gasteiger partial charge is 0.416 e. The van der Waals surface area contributed by atoms with E-state index >= 15 is 0 Å². The van der Waals surface area contributed by atoms with E-state index in [2.05, 4.69) is 5.32 Å². The predicted molar refractivity (Wildman–Crippen MR) is 124 cm³/mol. The first-order valence-corrected chi connectivity index (χ1v) is 11.0. The van der Waals surface area contributed by atoms with Gasteiger partial charge in [-0.05, 0) is 23.8 Å². The number of hydrogen-bond donors (Lipinski definition) is 1. The van der Waals surface area contributed by atoms with Gasteiger partial charge in [-0.25, -0.2) is 0 Å². The molecule has 0 spiro atoms. The molecule has 1 aliphatic heterocycles. The van der Waals surface area contributed by atoms with Crippen LogP contribution in [0.25, 0.3) is 0 Å². The Hall–Kier alpha value is -3.63. The van der Waals surface area contributed by atoms with E-state index in [1.165, 1.54) is 31.2 Å². The molecule has 1 heterocycles. The highest BCUT2D eigenvalue weighted by Gasteiger charge is 2.32. The molecule has 0 atom stereocenters. The minimum absolute atomic E-state index is 0.0235. The van der Waals surface area contributed by atoms with Crippen molar-refractivity contribution in [3.8, 4) is 0 Å². The molecule has 3 rings (SSSR count). The Bertz CT molecular complexity index is 1130. The molecule has 1 saturated heterocycles. The Morgan fingerprint density at radius 2 is 1.66 bits per heavy atom. The van der Waals surface area contributed by atoms with Crippen molar-refractivity contribution in [3.05, 3.63) is 69.3 Å². The summed E-state index contributed by atoms with van der Waals surface area (Å²) < 4.78 is 39.2. The van der Waals surface area contributed by atoms with Crippen LogP contribution in [0.5, 0.6) is 0 Å². The molecular formula is C24H27F3N4O4. The normalized spacial score (nSPS) is 14.6. The number of carbonyl (C=O) groups excluding carboxylic acids is 2. The molecule has 11 heteroatoms. The summed E-state index contributed by atoms with van der Waals surface area (Å²) in [6, 6.07) is 9.10. The average molecular weight is 492 g/mol. The lowest BCUT2D eigenvalue weighted by Gasteiger charge is -2.35. The highest BCUT2D eigenvalue weighted by atomic mass is 19.4. The number of hydrogen-bond acceptors (Lipinski definition) is 5. The van der Waals surface area contributed by atoms with Crippen molar-refractivity contribution in [1.82, 2.24) is 10.2 Å². The molecule has 8 nitrogen and oxygen atoms in total. The third-order valence-electron chi connectivity index (χ3n) is 6.16. The van der Waals surface area contributed by atoms with Gasteiger partial charge in [0.15, 0.2) is 0 Å². The molecule has 0 saturated carbocycles. The molecule has 0 unspecified atom stereocenters. The summed E-state index contributed by atoms with van der Waals surface area (Å²) in [7, 11) is 0. The van der Waals surface area contributed by atoms with E-state index in [1.807, 2.05) is 0 Å². The van der Waals surface area contributed by atoms with E-state index < -0.39 is 28.0 Å². The minimum Gasteiger partial charge on any atom is -0.362 e. The number of nitro benzene ring substituents is 1. The molecule has 1 aliphatic rings. The molecule has 0 aromatic heterocycles. The highest BCUT2D eigenvalue weighted by Crippen LogP contribution is 2.33. The lowest BCUT2D eigenvalue weighted by Crippen LogP contribution is -2.48. The topological polar surface area (TPSA) is 95.8 Å². The first-order valence-electron chi connectivity index (χ1n) is 11.0. The van der Waals surface area contributed by atoms with Gasteiger partial charge in [-0.15, -0.1) is 0 Å². The maximum atomic E-state index is 13.1. The summed E-state index contributed by atoms with van der Waals surface area (Å²) in [5.74, 6) is -0.625. The monoisotopic (exact) mass is 492 g/mol. The number of alkyl halides is 3. The first kappa shape index (κ1) is 26.0. The van der Waals surface area contributed by atoms with Crippen molar-refractivity contribution >= 4 is 23.2 Å². The summed E-state index contributed by atoms with van der Waals surface area (Å²) in [5, 5.41) is 14.4. The van der Waals surface area contributed by atoms with E-state index in [9.17, 15) is 32.9 Å². The Balaban J connectivity index is 1.73. The summed E-state index contributed by atoms with van der Waals surface area (Å²) in [6.07, 6.45) is -4.48. The van der Waals surface area contributed by atoms with Gasteiger partial charge in [0.05, 0.1) is 10.5 Å². The number of nitrogens with zero attached hydrogens (tertiary/aromatic N) is 3. The Kier molecular flexibility index (Phi) is 7.37. The Labute approximate surface area is 200 Å². The first-order chi connectivity index (χ1) is 16.3. The molecule has 2 aromatic carbocycles. The van der Waals surface area contributed by atoms with Crippen LogP contribution in [0.4, 0.5) is 24.5 Å². The molecule has 35 heavy (non-hydrogen) atoms. The minimum atomic E-state index is -4.48. The van der Waals surface area contributed by atoms with E-state index in [0.29, 0.717) is 37.4 Å². The third-order valence-corrected chi connectivity index (χ3v) is 6.16. The number of amides is 2. The van der Waals surface area contributed by atoms with Gasteiger partial charge in [-0.1, -0.05) is 32.0 Å². The van der Waals surface area contributed by atoms with Crippen molar-refractivity contribution in [2.75, 3.05) is 37.6 Å². The van der Waals surface area contributed by atoms with Gasteiger partial charge in [0.25, 0.3) is 11.6 Å².